The highest BCUT2D eigenvalue weighted by molar-refractivity contribution is 6.35. The number of aliphatic hydroxyl groups is 1. The molecule has 0 aromatic heterocycles. The van der Waals surface area contributed by atoms with Crippen molar-refractivity contribution in [1.29, 1.82) is 0 Å². The topological polar surface area (TPSA) is 283 Å². The van der Waals surface area contributed by atoms with Gasteiger partial charge < -0.3 is 67.9 Å². The van der Waals surface area contributed by atoms with Crippen LogP contribution in [-0.2, 0) is 65.4 Å². The van der Waals surface area contributed by atoms with E-state index in [0.29, 0.717) is 41.2 Å². The second-order valence-electron chi connectivity index (χ2n) is 22.4. The van der Waals surface area contributed by atoms with Gasteiger partial charge in [-0.25, -0.2) is 24.0 Å². The molecule has 25 heteroatoms. The van der Waals surface area contributed by atoms with Crippen molar-refractivity contribution in [1.82, 2.24) is 20.0 Å². The molecule has 4 N–H and O–H groups in total. The molecule has 0 spiro atoms. The molecule has 9 atom stereocenters. The number of amides is 6. The summed E-state index contributed by atoms with van der Waals surface area (Å²) in [5, 5.41) is 20.4. The normalized spacial score (nSPS) is 25.7. The second-order valence-corrected chi connectivity index (χ2v) is 22.8. The van der Waals surface area contributed by atoms with Crippen LogP contribution >= 0.6 is 11.6 Å². The summed E-state index contributed by atoms with van der Waals surface area (Å²) in [6.07, 6.45) is 6.34. The number of esters is 1. The van der Waals surface area contributed by atoms with Crippen LogP contribution in [0.3, 0.4) is 0 Å². The largest absolute Gasteiger partial charge is 0.495 e. The van der Waals surface area contributed by atoms with Gasteiger partial charge >= 0.3 is 30.3 Å². The number of nitrogens with one attached hydrogen (secondary N) is 3. The zero-order valence-corrected chi connectivity index (χ0v) is 51.8. The number of hydrogen-bond donors (Lipinski definition) is 4. The van der Waals surface area contributed by atoms with Crippen LogP contribution in [0.4, 0.5) is 36.2 Å². The number of epoxide rings is 1. The van der Waals surface area contributed by atoms with Crippen LogP contribution in [0.25, 0.3) is 0 Å². The second kappa shape index (κ2) is 30.8. The first-order chi connectivity index (χ1) is 40.8. The number of allylic oxidation sites excluding steroid dienone is 4. The molecule has 0 radical (unpaired) electrons. The standard InChI is InChI=1S/C61H84ClN7O17/c1-12-42(70)35-63-45-30-40(23-24-44(45)64-56(74)83-43-20-16-14-13-15-17-21-43)36-82-59(77)67(7)27-26-66(6)58(76)81-28-25-51(71)68(8)39(4)55(73)85-50-33-52(72)69(9)46-31-41(32-47(79-10)53(46)62)29-37(2)19-18-22-49(80-11)61(78)34-48(84-57(75)65-61)38(3)54-60(50,5)86-54/h16,18-20,22-24,30-32,38-39,43,48-50,54,63,78H,12-15,17,21,25-29,33-36H2,1-11H3,(H,64,74)(H,65,75)/b20-16+,22-18+,37-19+/t38-,39+,43?,48+,49-,50+,54+,60+,61+/m1/s1. The molecule has 6 rings (SSSR count). The van der Waals surface area contributed by atoms with Gasteiger partial charge in [0.1, 0.15) is 60.0 Å². The van der Waals surface area contributed by atoms with Gasteiger partial charge in [0.05, 0.1) is 49.7 Å². The lowest BCUT2D eigenvalue weighted by molar-refractivity contribution is -0.162. The molecule has 2 saturated heterocycles. The van der Waals surface area contributed by atoms with E-state index in [4.69, 9.17) is 49.5 Å². The number of likely N-dealkylation sites (N-methyl/N-ethyl adjacent to an activating group) is 3. The third kappa shape index (κ3) is 18.1. The van der Waals surface area contributed by atoms with Crippen molar-refractivity contribution in [2.45, 2.75) is 153 Å². The molecule has 1 aliphatic carbocycles. The number of Topliss-reactive ketones (excluding diaryl/α,β-unsaturated/α-hetero) is 1. The van der Waals surface area contributed by atoms with Crippen LogP contribution in [-0.4, -0.2) is 184 Å². The zero-order chi connectivity index (χ0) is 63.0. The van der Waals surface area contributed by atoms with E-state index in [9.17, 15) is 43.5 Å². The maximum atomic E-state index is 14.4. The first kappa shape index (κ1) is 67.7. The minimum atomic E-state index is -1.90. The van der Waals surface area contributed by atoms with Crippen LogP contribution in [0.1, 0.15) is 104 Å². The van der Waals surface area contributed by atoms with Crippen molar-refractivity contribution in [3.05, 3.63) is 82.4 Å². The zero-order valence-electron chi connectivity index (χ0n) is 51.1. The third-order valence-electron chi connectivity index (χ3n) is 16.0. The lowest BCUT2D eigenvalue weighted by atomic mass is 9.83. The van der Waals surface area contributed by atoms with E-state index in [2.05, 4.69) is 16.0 Å². The minimum Gasteiger partial charge on any atom is -0.495 e. The van der Waals surface area contributed by atoms with Gasteiger partial charge in [-0.05, 0) is 94.3 Å². The van der Waals surface area contributed by atoms with Crippen LogP contribution in [0.2, 0.25) is 5.02 Å². The number of benzene rings is 2. The Morgan fingerprint density at radius 2 is 1.69 bits per heavy atom. The average Bonchev–Trinajstić information content (AvgIpc) is 1.62. The molecule has 472 valence electrons. The van der Waals surface area contributed by atoms with Crippen molar-refractivity contribution < 1.29 is 81.4 Å². The SMILES string of the molecule is CCC(=O)CNc1cc(COC(=O)N(C)CCN(C)C(=O)OCCC(=O)N(C)[C@@H](C)C(=O)O[C@H]2CC(=O)N(C)c3cc(cc(OC)c3Cl)C/C(C)=C/C=C/[C@@H](OC)[C@@]3(O)C[C@H](OC(=O)N3)[C@@H](C)[C@@H]3O[C@@]23C)ccc1NC(=O)OC1/C=C/CCCCC1. The number of carbonyl (C=O) groups is 8. The smallest absolute Gasteiger partial charge is 0.412 e. The Morgan fingerprint density at radius 1 is 0.965 bits per heavy atom. The van der Waals surface area contributed by atoms with Crippen molar-refractivity contribution >= 4 is 76.6 Å². The van der Waals surface area contributed by atoms with Gasteiger partial charge in [0.25, 0.3) is 0 Å². The Bertz CT molecular complexity index is 2890. The van der Waals surface area contributed by atoms with Crippen molar-refractivity contribution in [3.8, 4) is 5.75 Å². The predicted octanol–water partition coefficient (Wildman–Crippen LogP) is 8.07. The highest BCUT2D eigenvalue weighted by atomic mass is 35.5. The number of ketones is 1. The van der Waals surface area contributed by atoms with Gasteiger partial charge in [-0.15, -0.1) is 0 Å². The molecule has 0 saturated carbocycles. The number of ether oxygens (including phenoxy) is 8. The Kier molecular flexibility index (Phi) is 24.2. The third-order valence-corrected chi connectivity index (χ3v) is 16.4. The van der Waals surface area contributed by atoms with E-state index in [1.165, 1.54) is 64.0 Å². The van der Waals surface area contributed by atoms with Gasteiger partial charge in [0.2, 0.25) is 11.8 Å². The fourth-order valence-corrected chi connectivity index (χ4v) is 10.5. The number of nitrogens with zero attached hydrogens (tertiary/aromatic N) is 4. The fourth-order valence-electron chi connectivity index (χ4n) is 10.2. The fraction of sp³-hybridized carbons (Fsp3) is 0.574. The average molecular weight is 1220 g/mol. The summed E-state index contributed by atoms with van der Waals surface area (Å²) in [6, 6.07) is 7.25. The Morgan fingerprint density at radius 3 is 2.38 bits per heavy atom. The summed E-state index contributed by atoms with van der Waals surface area (Å²) in [5.74, 6) is -2.34. The Hall–Kier alpha value is -7.41. The maximum Gasteiger partial charge on any atom is 0.412 e. The number of anilines is 3. The molecule has 3 aliphatic heterocycles. The van der Waals surface area contributed by atoms with E-state index in [1.54, 1.807) is 63.3 Å². The van der Waals surface area contributed by atoms with Gasteiger partial charge in [-0.3, -0.25) is 25.0 Å². The summed E-state index contributed by atoms with van der Waals surface area (Å²) in [7, 11) is 8.71. The molecule has 86 heavy (non-hydrogen) atoms. The van der Waals surface area contributed by atoms with Gasteiger partial charge in [-0.2, -0.15) is 0 Å². The molecule has 4 aliphatic rings. The summed E-state index contributed by atoms with van der Waals surface area (Å²) >= 11 is 6.83. The highest BCUT2D eigenvalue weighted by Gasteiger charge is 2.64. The van der Waals surface area contributed by atoms with Crippen molar-refractivity contribution in [2.75, 3.05) is 84.2 Å². The van der Waals surface area contributed by atoms with E-state index in [1.807, 2.05) is 25.2 Å². The molecule has 2 fully saturated rings. The quantitative estimate of drug-likeness (QED) is 0.0447. The molecule has 2 aromatic carbocycles. The summed E-state index contributed by atoms with van der Waals surface area (Å²) in [6.45, 7) is 8.05. The summed E-state index contributed by atoms with van der Waals surface area (Å²) in [4.78, 5) is 111. The Balaban J connectivity index is 1.03. The number of carbonyl (C=O) groups excluding carboxylic acids is 8. The molecule has 3 heterocycles. The van der Waals surface area contributed by atoms with Crippen LogP contribution < -0.4 is 25.6 Å². The van der Waals surface area contributed by atoms with Crippen LogP contribution in [0.15, 0.2) is 66.3 Å². The van der Waals surface area contributed by atoms with Gasteiger partial charge in [-0.1, -0.05) is 67.8 Å². The number of hydrogen-bond acceptors (Lipinski definition) is 18. The van der Waals surface area contributed by atoms with Crippen LogP contribution in [0, 0.1) is 5.92 Å². The van der Waals surface area contributed by atoms with E-state index < -0.39 is 96.3 Å². The number of rotatable bonds is 19. The predicted molar refractivity (Wildman–Crippen MR) is 319 cm³/mol. The van der Waals surface area contributed by atoms with E-state index in [0.717, 1.165) is 48.1 Å². The number of halogens is 1. The van der Waals surface area contributed by atoms with Gasteiger partial charge in [0, 0.05) is 67.1 Å². The number of methoxy groups -OCH3 is 2. The van der Waals surface area contributed by atoms with Crippen molar-refractivity contribution in [2.24, 2.45) is 5.92 Å². The van der Waals surface area contributed by atoms with E-state index >= 15 is 0 Å². The molecule has 4 bridgehead atoms. The minimum absolute atomic E-state index is 0.00901. The summed E-state index contributed by atoms with van der Waals surface area (Å²) in [5.41, 5.74) is 0.0887. The monoisotopic (exact) mass is 1220 g/mol. The molecule has 24 nitrogen and oxygen atoms in total. The molecular weight excluding hydrogens is 1140 g/mol. The lowest BCUT2D eigenvalue weighted by Gasteiger charge is -2.42. The maximum absolute atomic E-state index is 14.4. The van der Waals surface area contributed by atoms with E-state index in [-0.39, 0.29) is 62.6 Å². The number of fused-ring (bicyclic) bond motifs is 5. The first-order valence-corrected chi connectivity index (χ1v) is 29.3. The summed E-state index contributed by atoms with van der Waals surface area (Å²) < 4.78 is 46.0. The number of alkyl carbamates (subject to hydrolysis) is 1. The highest BCUT2D eigenvalue weighted by Crippen LogP contribution is 2.49. The van der Waals surface area contributed by atoms with Crippen molar-refractivity contribution in [3.63, 3.8) is 0 Å². The molecule has 1 unspecified atom stereocenters. The van der Waals surface area contributed by atoms with Crippen LogP contribution in [0.5, 0.6) is 5.75 Å². The molecular formula is C61H84ClN7O17. The molecule has 6 amide bonds. The molecule has 2 aromatic rings. The Labute approximate surface area is 507 Å². The lowest BCUT2D eigenvalue weighted by Crippen LogP contribution is -2.63. The van der Waals surface area contributed by atoms with Gasteiger partial charge in [0.15, 0.2) is 11.5 Å². The first-order valence-electron chi connectivity index (χ1n) is 28.9.